The Balaban J connectivity index is 2.49. The highest BCUT2D eigenvalue weighted by molar-refractivity contribution is 7.81. The van der Waals surface area contributed by atoms with E-state index >= 15 is 0 Å². The summed E-state index contributed by atoms with van der Waals surface area (Å²) in [5, 5.41) is 10.5. The first kappa shape index (κ1) is 7.38. The van der Waals surface area contributed by atoms with Crippen molar-refractivity contribution < 1.29 is 5.21 Å². The highest BCUT2D eigenvalue weighted by Crippen LogP contribution is 2.28. The Bertz CT molecular complexity index is 105. The van der Waals surface area contributed by atoms with Crippen LogP contribution in [0.4, 0.5) is 0 Å². The summed E-state index contributed by atoms with van der Waals surface area (Å²) in [5.41, 5.74) is 0. The summed E-state index contributed by atoms with van der Waals surface area (Å²) in [6, 6.07) is 0. The zero-order valence-electron chi connectivity index (χ0n) is 5.67. The third-order valence-corrected chi connectivity index (χ3v) is 2.28. The van der Waals surface area contributed by atoms with Gasteiger partial charge in [-0.15, -0.1) is 0 Å². The number of nitrogens with zero attached hydrogens (tertiary/aromatic N) is 1. The fourth-order valence-electron chi connectivity index (χ4n) is 1.09. The van der Waals surface area contributed by atoms with Crippen molar-refractivity contribution in [3.8, 4) is 0 Å². The average molecular weight is 147 g/mol. The van der Waals surface area contributed by atoms with Gasteiger partial charge in [-0.25, -0.2) is 0 Å². The van der Waals surface area contributed by atoms with Gasteiger partial charge in [0.15, 0.2) is 0 Å². The van der Waals surface area contributed by atoms with E-state index < -0.39 is 0 Å². The minimum Gasteiger partial charge on any atom is -0.313 e. The summed E-state index contributed by atoms with van der Waals surface area (Å²) >= 11 is 4.29. The van der Waals surface area contributed by atoms with E-state index in [-0.39, 0.29) is 4.87 Å². The molecule has 1 N–H and O–H groups in total. The lowest BCUT2D eigenvalue weighted by Gasteiger charge is -2.36. The van der Waals surface area contributed by atoms with Crippen LogP contribution in [-0.2, 0) is 0 Å². The maximum Gasteiger partial charge on any atom is 0.0853 e. The van der Waals surface area contributed by atoms with E-state index in [1.54, 1.807) is 0 Å². The first-order valence-electron chi connectivity index (χ1n) is 3.32. The van der Waals surface area contributed by atoms with Gasteiger partial charge < -0.3 is 5.21 Å². The first-order valence-corrected chi connectivity index (χ1v) is 3.76. The van der Waals surface area contributed by atoms with Gasteiger partial charge in [0.2, 0.25) is 0 Å². The van der Waals surface area contributed by atoms with Crippen LogP contribution in [0.5, 0.6) is 0 Å². The minimum absolute atomic E-state index is 0.280. The van der Waals surface area contributed by atoms with Gasteiger partial charge >= 0.3 is 0 Å². The van der Waals surface area contributed by atoms with E-state index in [0.717, 1.165) is 19.4 Å². The molecule has 0 radical (unpaired) electrons. The second-order valence-corrected chi connectivity index (χ2v) is 3.76. The molecule has 0 spiro atoms. The van der Waals surface area contributed by atoms with Crippen LogP contribution in [0.25, 0.3) is 0 Å². The molecular formula is C6H13NOS. The van der Waals surface area contributed by atoms with E-state index in [1.807, 2.05) is 6.92 Å². The smallest absolute Gasteiger partial charge is 0.0853 e. The lowest BCUT2D eigenvalue weighted by molar-refractivity contribution is -0.149. The molecule has 1 atom stereocenters. The van der Waals surface area contributed by atoms with Crippen molar-refractivity contribution in [2.75, 3.05) is 6.54 Å². The molecule has 1 saturated heterocycles. The van der Waals surface area contributed by atoms with Gasteiger partial charge in [0, 0.05) is 6.54 Å². The van der Waals surface area contributed by atoms with E-state index in [1.165, 1.54) is 11.5 Å². The van der Waals surface area contributed by atoms with Crippen molar-refractivity contribution in [2.24, 2.45) is 0 Å². The third kappa shape index (κ3) is 1.60. The van der Waals surface area contributed by atoms with Crippen LogP contribution in [0, 0.1) is 0 Å². The molecule has 0 aromatic heterocycles. The zero-order chi connectivity index (χ0) is 6.91. The molecule has 1 unspecified atom stereocenters. The van der Waals surface area contributed by atoms with Crippen LogP contribution in [-0.4, -0.2) is 21.7 Å². The maximum absolute atomic E-state index is 9.19. The Morgan fingerprint density at radius 1 is 1.56 bits per heavy atom. The number of hydrogen-bond donors (Lipinski definition) is 2. The summed E-state index contributed by atoms with van der Waals surface area (Å²) in [6.07, 6.45) is 3.25. The normalized spacial score (nSPS) is 39.0. The fourth-order valence-corrected chi connectivity index (χ4v) is 1.35. The minimum atomic E-state index is -0.280. The summed E-state index contributed by atoms with van der Waals surface area (Å²) in [6.45, 7) is 2.70. The Kier molecular flexibility index (Phi) is 2.03. The van der Waals surface area contributed by atoms with Gasteiger partial charge in [0.1, 0.15) is 0 Å². The van der Waals surface area contributed by atoms with Crippen molar-refractivity contribution in [2.45, 2.75) is 31.1 Å². The highest BCUT2D eigenvalue weighted by atomic mass is 32.1. The first-order chi connectivity index (χ1) is 4.13. The molecule has 2 nitrogen and oxygen atoms in total. The van der Waals surface area contributed by atoms with Crippen LogP contribution in [0.3, 0.4) is 0 Å². The van der Waals surface area contributed by atoms with Gasteiger partial charge in [0.05, 0.1) is 4.87 Å². The predicted octanol–water partition coefficient (Wildman–Crippen LogP) is 1.51. The van der Waals surface area contributed by atoms with Crippen LogP contribution < -0.4 is 0 Å². The molecule has 0 aromatic rings. The Hall–Kier alpha value is 0.270. The largest absolute Gasteiger partial charge is 0.313 e. The Morgan fingerprint density at radius 3 is 2.56 bits per heavy atom. The molecule has 0 bridgehead atoms. The van der Waals surface area contributed by atoms with Crippen LogP contribution in [0.15, 0.2) is 0 Å². The number of rotatable bonds is 0. The van der Waals surface area contributed by atoms with Crippen molar-refractivity contribution in [3.05, 3.63) is 0 Å². The van der Waals surface area contributed by atoms with E-state index in [2.05, 4.69) is 12.6 Å². The monoisotopic (exact) mass is 147 g/mol. The van der Waals surface area contributed by atoms with Crippen molar-refractivity contribution in [1.82, 2.24) is 5.06 Å². The van der Waals surface area contributed by atoms with Crippen LogP contribution in [0.1, 0.15) is 26.2 Å². The van der Waals surface area contributed by atoms with Gasteiger partial charge in [-0.1, -0.05) is 0 Å². The van der Waals surface area contributed by atoms with Gasteiger partial charge in [0.25, 0.3) is 0 Å². The molecule has 0 amide bonds. The molecule has 0 aliphatic carbocycles. The molecule has 1 fully saturated rings. The van der Waals surface area contributed by atoms with E-state index in [9.17, 15) is 5.21 Å². The summed E-state index contributed by atoms with van der Waals surface area (Å²) in [4.78, 5) is -0.280. The summed E-state index contributed by atoms with van der Waals surface area (Å²) in [5.74, 6) is 0. The van der Waals surface area contributed by atoms with E-state index in [4.69, 9.17) is 0 Å². The summed E-state index contributed by atoms with van der Waals surface area (Å²) < 4.78 is 0. The van der Waals surface area contributed by atoms with Gasteiger partial charge in [-0.3, -0.25) is 0 Å². The molecule has 9 heavy (non-hydrogen) atoms. The molecule has 1 heterocycles. The van der Waals surface area contributed by atoms with Crippen molar-refractivity contribution in [1.29, 1.82) is 0 Å². The van der Waals surface area contributed by atoms with Gasteiger partial charge in [-0.2, -0.15) is 17.7 Å². The second-order valence-electron chi connectivity index (χ2n) is 2.80. The Morgan fingerprint density at radius 2 is 2.22 bits per heavy atom. The molecule has 1 rings (SSSR count). The number of hydroxylamine groups is 2. The SMILES string of the molecule is CC1(S)CCCCN1O. The second kappa shape index (κ2) is 2.48. The van der Waals surface area contributed by atoms with Gasteiger partial charge in [-0.05, 0) is 26.2 Å². The topological polar surface area (TPSA) is 23.5 Å². The number of thiol groups is 1. The maximum atomic E-state index is 9.19. The fraction of sp³-hybridized carbons (Fsp3) is 1.00. The van der Waals surface area contributed by atoms with E-state index in [0.29, 0.717) is 0 Å². The lowest BCUT2D eigenvalue weighted by Crippen LogP contribution is -2.42. The summed E-state index contributed by atoms with van der Waals surface area (Å²) in [7, 11) is 0. The molecule has 54 valence electrons. The number of hydrogen-bond acceptors (Lipinski definition) is 3. The quantitative estimate of drug-likeness (QED) is 0.507. The number of piperidine rings is 1. The van der Waals surface area contributed by atoms with Crippen LogP contribution >= 0.6 is 12.6 Å². The molecule has 0 saturated carbocycles. The molecule has 1 aliphatic rings. The zero-order valence-corrected chi connectivity index (χ0v) is 6.56. The molecule has 1 aliphatic heterocycles. The van der Waals surface area contributed by atoms with Crippen molar-refractivity contribution >= 4 is 12.6 Å². The molecule has 3 heteroatoms. The van der Waals surface area contributed by atoms with Crippen molar-refractivity contribution in [3.63, 3.8) is 0 Å². The van der Waals surface area contributed by atoms with Crippen LogP contribution in [0.2, 0.25) is 0 Å². The average Bonchev–Trinajstić information content (AvgIpc) is 1.77. The Labute approximate surface area is 61.2 Å². The standard InChI is InChI=1S/C6H13NOS/c1-6(9)4-2-3-5-7(6)8/h8-9H,2-5H2,1H3. The lowest BCUT2D eigenvalue weighted by atomic mass is 10.1. The molecular weight excluding hydrogens is 134 g/mol. The molecule has 0 aromatic carbocycles. The third-order valence-electron chi connectivity index (χ3n) is 1.83. The highest BCUT2D eigenvalue weighted by Gasteiger charge is 2.28. The predicted molar refractivity (Wildman–Crippen MR) is 39.7 cm³/mol.